The van der Waals surface area contributed by atoms with Crippen molar-refractivity contribution in [2.45, 2.75) is 11.3 Å². The number of hydrogen-bond donors (Lipinski definition) is 2. The van der Waals surface area contributed by atoms with Gasteiger partial charge in [-0.2, -0.15) is 0 Å². The Hall–Kier alpha value is -1.49. The van der Waals surface area contributed by atoms with E-state index in [1.807, 2.05) is 0 Å². The lowest BCUT2D eigenvalue weighted by atomic mass is 10.2. The number of carbonyl (C=O) groups excluding carboxylic acids is 2. The minimum absolute atomic E-state index is 0.0737. The van der Waals surface area contributed by atoms with Crippen molar-refractivity contribution in [1.29, 1.82) is 0 Å². The van der Waals surface area contributed by atoms with Crippen LogP contribution < -0.4 is 5.32 Å². The van der Waals surface area contributed by atoms with Crippen LogP contribution in [-0.4, -0.2) is 37.4 Å². The Morgan fingerprint density at radius 1 is 1.29 bits per heavy atom. The highest BCUT2D eigenvalue weighted by Crippen LogP contribution is 2.09. The second-order valence-electron chi connectivity index (χ2n) is 3.70. The van der Waals surface area contributed by atoms with E-state index in [4.69, 9.17) is 0 Å². The van der Waals surface area contributed by atoms with Crippen molar-refractivity contribution in [2.24, 2.45) is 0 Å². The maximum atomic E-state index is 11.9. The molecule has 17 heavy (non-hydrogen) atoms. The Morgan fingerprint density at radius 3 is 2.41 bits per heavy atom. The van der Waals surface area contributed by atoms with Crippen LogP contribution in [0.2, 0.25) is 0 Å². The average molecular weight is 252 g/mol. The van der Waals surface area contributed by atoms with E-state index in [1.165, 1.54) is 4.90 Å². The maximum Gasteiger partial charge on any atom is 0.253 e. The molecule has 0 saturated carbocycles. The first kappa shape index (κ1) is 13.6. The van der Waals surface area contributed by atoms with E-state index in [9.17, 15) is 9.59 Å². The van der Waals surface area contributed by atoms with Crippen LogP contribution in [0.15, 0.2) is 29.2 Å². The minimum Gasteiger partial charge on any atom is -0.359 e. The number of nitrogens with zero attached hydrogens (tertiary/aromatic N) is 1. The molecular formula is C12H16N2O2S. The molecule has 0 aromatic heterocycles. The molecule has 1 aromatic carbocycles. The molecule has 0 bridgehead atoms. The predicted octanol–water partition coefficient (Wildman–Crippen LogP) is 1.18. The molecule has 0 aliphatic rings. The second-order valence-corrected chi connectivity index (χ2v) is 4.21. The van der Waals surface area contributed by atoms with Gasteiger partial charge in [0.15, 0.2) is 0 Å². The molecule has 92 valence electrons. The first-order valence-electron chi connectivity index (χ1n) is 5.29. The van der Waals surface area contributed by atoms with Gasteiger partial charge in [0.25, 0.3) is 5.91 Å². The zero-order valence-electron chi connectivity index (χ0n) is 9.93. The quantitative estimate of drug-likeness (QED) is 0.791. The molecule has 0 saturated heterocycles. The van der Waals surface area contributed by atoms with Gasteiger partial charge in [0, 0.05) is 37.5 Å². The van der Waals surface area contributed by atoms with Crippen molar-refractivity contribution >= 4 is 24.4 Å². The van der Waals surface area contributed by atoms with Gasteiger partial charge in [-0.1, -0.05) is 0 Å². The zero-order valence-corrected chi connectivity index (χ0v) is 10.8. The third-order valence-corrected chi connectivity index (χ3v) is 2.71. The summed E-state index contributed by atoms with van der Waals surface area (Å²) in [6, 6.07) is 6.98. The summed E-state index contributed by atoms with van der Waals surface area (Å²) < 4.78 is 0. The van der Waals surface area contributed by atoms with E-state index in [-0.39, 0.29) is 11.8 Å². The first-order valence-corrected chi connectivity index (χ1v) is 5.74. The molecule has 0 unspecified atom stereocenters. The van der Waals surface area contributed by atoms with Crippen molar-refractivity contribution in [3.8, 4) is 0 Å². The molecule has 0 heterocycles. The highest BCUT2D eigenvalue weighted by atomic mass is 32.1. The molecule has 1 aromatic rings. The lowest BCUT2D eigenvalue weighted by Crippen LogP contribution is -2.31. The monoisotopic (exact) mass is 252 g/mol. The smallest absolute Gasteiger partial charge is 0.253 e. The topological polar surface area (TPSA) is 49.4 Å². The first-order chi connectivity index (χ1) is 8.04. The molecule has 2 amide bonds. The summed E-state index contributed by atoms with van der Waals surface area (Å²) in [4.78, 5) is 25.3. The molecule has 0 aliphatic carbocycles. The van der Waals surface area contributed by atoms with Crippen molar-refractivity contribution < 1.29 is 9.59 Å². The molecule has 0 spiro atoms. The van der Waals surface area contributed by atoms with E-state index >= 15 is 0 Å². The molecule has 0 fully saturated rings. The highest BCUT2D eigenvalue weighted by molar-refractivity contribution is 7.80. The Morgan fingerprint density at radius 2 is 1.88 bits per heavy atom. The zero-order chi connectivity index (χ0) is 12.8. The molecule has 0 aliphatic heterocycles. The third kappa shape index (κ3) is 4.11. The summed E-state index contributed by atoms with van der Waals surface area (Å²) >= 11 is 4.15. The third-order valence-electron chi connectivity index (χ3n) is 2.41. The summed E-state index contributed by atoms with van der Waals surface area (Å²) in [6.45, 7) is 0.404. The van der Waals surface area contributed by atoms with Crippen molar-refractivity contribution in [1.82, 2.24) is 10.2 Å². The van der Waals surface area contributed by atoms with Crippen LogP contribution in [0.5, 0.6) is 0 Å². The van der Waals surface area contributed by atoms with Gasteiger partial charge >= 0.3 is 0 Å². The average Bonchev–Trinajstić information content (AvgIpc) is 2.35. The van der Waals surface area contributed by atoms with E-state index in [2.05, 4.69) is 17.9 Å². The van der Waals surface area contributed by atoms with Crippen molar-refractivity contribution in [3.05, 3.63) is 29.8 Å². The van der Waals surface area contributed by atoms with Crippen LogP contribution in [0.3, 0.4) is 0 Å². The highest BCUT2D eigenvalue weighted by Gasteiger charge is 2.12. The standard InChI is InChI=1S/C12H16N2O2S/c1-13-11(15)7-8-14(2)12(16)9-3-5-10(17)6-4-9/h3-6,17H,7-8H2,1-2H3,(H,13,15). The van der Waals surface area contributed by atoms with Crippen LogP contribution in [0.25, 0.3) is 0 Å². The van der Waals surface area contributed by atoms with Gasteiger partial charge in [0.1, 0.15) is 0 Å². The lowest BCUT2D eigenvalue weighted by molar-refractivity contribution is -0.120. The van der Waals surface area contributed by atoms with Gasteiger partial charge in [-0.15, -0.1) is 12.6 Å². The number of rotatable bonds is 4. The Kier molecular flexibility index (Phi) is 5.03. The molecule has 5 heteroatoms. The normalized spacial score (nSPS) is 9.82. The van der Waals surface area contributed by atoms with Crippen molar-refractivity contribution in [2.75, 3.05) is 20.6 Å². The van der Waals surface area contributed by atoms with E-state index in [0.29, 0.717) is 18.5 Å². The number of nitrogens with one attached hydrogen (secondary N) is 1. The maximum absolute atomic E-state index is 11.9. The fourth-order valence-electron chi connectivity index (χ4n) is 1.32. The number of benzene rings is 1. The Labute approximate surface area is 106 Å². The number of hydrogen-bond acceptors (Lipinski definition) is 3. The second kappa shape index (κ2) is 6.30. The van der Waals surface area contributed by atoms with Crippen LogP contribution in [-0.2, 0) is 4.79 Å². The van der Waals surface area contributed by atoms with Crippen LogP contribution in [0, 0.1) is 0 Å². The molecule has 1 rings (SSSR count). The number of amides is 2. The van der Waals surface area contributed by atoms with E-state index in [0.717, 1.165) is 4.90 Å². The molecule has 4 nitrogen and oxygen atoms in total. The molecule has 0 atom stereocenters. The Bertz CT molecular complexity index is 403. The van der Waals surface area contributed by atoms with Gasteiger partial charge < -0.3 is 10.2 Å². The summed E-state index contributed by atoms with van der Waals surface area (Å²) in [6.07, 6.45) is 0.309. The fraction of sp³-hybridized carbons (Fsp3) is 0.333. The summed E-state index contributed by atoms with van der Waals surface area (Å²) in [5.41, 5.74) is 0.599. The summed E-state index contributed by atoms with van der Waals surface area (Å²) in [5, 5.41) is 2.52. The molecule has 1 N–H and O–H groups in total. The van der Waals surface area contributed by atoms with Gasteiger partial charge in [0.05, 0.1) is 0 Å². The number of carbonyl (C=O) groups is 2. The van der Waals surface area contributed by atoms with Crippen molar-refractivity contribution in [3.63, 3.8) is 0 Å². The molecule has 0 radical (unpaired) electrons. The lowest BCUT2D eigenvalue weighted by Gasteiger charge is -2.16. The summed E-state index contributed by atoms with van der Waals surface area (Å²) in [7, 11) is 3.26. The SMILES string of the molecule is CNC(=O)CCN(C)C(=O)c1ccc(S)cc1. The largest absolute Gasteiger partial charge is 0.359 e. The minimum atomic E-state index is -0.0952. The number of thiol groups is 1. The van der Waals surface area contributed by atoms with Crippen LogP contribution in [0.1, 0.15) is 16.8 Å². The Balaban J connectivity index is 2.57. The van der Waals surface area contributed by atoms with Crippen LogP contribution in [0.4, 0.5) is 0 Å². The van der Waals surface area contributed by atoms with Gasteiger partial charge in [0.2, 0.25) is 5.91 Å². The summed E-state index contributed by atoms with van der Waals surface area (Å²) in [5.74, 6) is -0.169. The molecular weight excluding hydrogens is 236 g/mol. The van der Waals surface area contributed by atoms with Gasteiger partial charge in [-0.3, -0.25) is 9.59 Å². The fourth-order valence-corrected chi connectivity index (χ4v) is 1.47. The van der Waals surface area contributed by atoms with Crippen LogP contribution >= 0.6 is 12.6 Å². The van der Waals surface area contributed by atoms with Gasteiger partial charge in [-0.25, -0.2) is 0 Å². The predicted molar refractivity (Wildman–Crippen MR) is 69.3 cm³/mol. The van der Waals surface area contributed by atoms with E-state index < -0.39 is 0 Å². The van der Waals surface area contributed by atoms with Gasteiger partial charge in [-0.05, 0) is 24.3 Å². The van der Waals surface area contributed by atoms with E-state index in [1.54, 1.807) is 38.4 Å².